The number of nitrogens with two attached hydrogens (primary N) is 1. The minimum absolute atomic E-state index is 0.252. The highest BCUT2D eigenvalue weighted by molar-refractivity contribution is 6.35. The van der Waals surface area contributed by atoms with Crippen molar-refractivity contribution in [1.82, 2.24) is 0 Å². The molecule has 1 aliphatic carbocycles. The Labute approximate surface area is 131 Å². The molecule has 4 heteroatoms. The number of halogens is 2. The van der Waals surface area contributed by atoms with Gasteiger partial charge in [-0.2, -0.15) is 0 Å². The van der Waals surface area contributed by atoms with Crippen molar-refractivity contribution in [3.05, 3.63) is 33.8 Å². The van der Waals surface area contributed by atoms with Crippen LogP contribution in [0.15, 0.2) is 18.2 Å². The van der Waals surface area contributed by atoms with Crippen LogP contribution in [-0.2, 0) is 0 Å². The van der Waals surface area contributed by atoms with Crippen LogP contribution in [-0.4, -0.2) is 11.7 Å². The van der Waals surface area contributed by atoms with Gasteiger partial charge in [0.05, 0.1) is 6.10 Å². The first kappa shape index (κ1) is 16.1. The van der Waals surface area contributed by atoms with Crippen LogP contribution in [0.25, 0.3) is 0 Å². The maximum absolute atomic E-state index is 10.9. The van der Waals surface area contributed by atoms with E-state index in [4.69, 9.17) is 28.9 Å². The van der Waals surface area contributed by atoms with E-state index < -0.39 is 6.10 Å². The number of aliphatic hydroxyl groups excluding tert-OH is 1. The lowest BCUT2D eigenvalue weighted by atomic mass is 9.70. The van der Waals surface area contributed by atoms with Crippen molar-refractivity contribution in [3.8, 4) is 0 Å². The SMILES string of the molecule is NCC1(C(O)c2ccc(Cl)cc2Cl)CCCCCCC1. The average Bonchev–Trinajstić information content (AvgIpc) is 2.38. The molecule has 112 valence electrons. The van der Waals surface area contributed by atoms with E-state index in [0.29, 0.717) is 16.6 Å². The van der Waals surface area contributed by atoms with E-state index in [0.717, 1.165) is 31.2 Å². The summed E-state index contributed by atoms with van der Waals surface area (Å²) in [5.74, 6) is 0. The van der Waals surface area contributed by atoms with E-state index in [2.05, 4.69) is 0 Å². The molecule has 0 bridgehead atoms. The van der Waals surface area contributed by atoms with Gasteiger partial charge in [0.15, 0.2) is 0 Å². The second-order valence-electron chi connectivity index (χ2n) is 5.90. The van der Waals surface area contributed by atoms with Crippen molar-refractivity contribution >= 4 is 23.2 Å². The summed E-state index contributed by atoms with van der Waals surface area (Å²) in [7, 11) is 0. The molecule has 1 atom stereocenters. The van der Waals surface area contributed by atoms with Gasteiger partial charge in [-0.3, -0.25) is 0 Å². The molecular formula is C16H23Cl2NO. The molecule has 0 saturated heterocycles. The highest BCUT2D eigenvalue weighted by atomic mass is 35.5. The fraction of sp³-hybridized carbons (Fsp3) is 0.625. The lowest BCUT2D eigenvalue weighted by molar-refractivity contribution is 0.00856. The Kier molecular flexibility index (Phi) is 5.74. The largest absolute Gasteiger partial charge is 0.388 e. The minimum Gasteiger partial charge on any atom is -0.388 e. The van der Waals surface area contributed by atoms with Gasteiger partial charge in [-0.25, -0.2) is 0 Å². The van der Waals surface area contributed by atoms with Crippen LogP contribution in [0.4, 0.5) is 0 Å². The van der Waals surface area contributed by atoms with Crippen LogP contribution >= 0.6 is 23.2 Å². The zero-order chi connectivity index (χ0) is 14.6. The predicted octanol–water partition coefficient (Wildman–Crippen LogP) is 4.72. The summed E-state index contributed by atoms with van der Waals surface area (Å²) in [4.78, 5) is 0. The number of hydrogen-bond donors (Lipinski definition) is 2. The summed E-state index contributed by atoms with van der Waals surface area (Å²) in [6.07, 6.45) is 7.30. The number of aliphatic hydroxyl groups is 1. The van der Waals surface area contributed by atoms with Crippen molar-refractivity contribution in [2.45, 2.75) is 51.0 Å². The normalized spacial score (nSPS) is 21.0. The Balaban J connectivity index is 2.28. The fourth-order valence-corrected chi connectivity index (χ4v) is 3.76. The Morgan fingerprint density at radius 1 is 1.10 bits per heavy atom. The molecule has 0 radical (unpaired) electrons. The average molecular weight is 316 g/mol. The smallest absolute Gasteiger partial charge is 0.0872 e. The zero-order valence-corrected chi connectivity index (χ0v) is 13.3. The summed E-state index contributed by atoms with van der Waals surface area (Å²) in [6.45, 7) is 0.493. The van der Waals surface area contributed by atoms with E-state index in [-0.39, 0.29) is 5.41 Å². The predicted molar refractivity (Wildman–Crippen MR) is 85.2 cm³/mol. The third kappa shape index (κ3) is 3.48. The van der Waals surface area contributed by atoms with E-state index in [1.165, 1.54) is 19.3 Å². The molecule has 2 rings (SSSR count). The van der Waals surface area contributed by atoms with E-state index in [9.17, 15) is 5.11 Å². The first-order valence-electron chi connectivity index (χ1n) is 7.42. The van der Waals surface area contributed by atoms with E-state index in [1.54, 1.807) is 12.1 Å². The molecule has 1 aromatic carbocycles. The molecule has 2 nitrogen and oxygen atoms in total. The molecule has 1 fully saturated rings. The van der Waals surface area contributed by atoms with Gasteiger partial charge in [-0.05, 0) is 30.5 Å². The van der Waals surface area contributed by atoms with Gasteiger partial charge in [0.25, 0.3) is 0 Å². The first-order chi connectivity index (χ1) is 9.59. The van der Waals surface area contributed by atoms with E-state index in [1.807, 2.05) is 6.07 Å². The third-order valence-electron chi connectivity index (χ3n) is 4.59. The van der Waals surface area contributed by atoms with Crippen LogP contribution in [0.2, 0.25) is 10.0 Å². The zero-order valence-electron chi connectivity index (χ0n) is 11.7. The first-order valence-corrected chi connectivity index (χ1v) is 8.18. The van der Waals surface area contributed by atoms with E-state index >= 15 is 0 Å². The van der Waals surface area contributed by atoms with Gasteiger partial charge in [0.2, 0.25) is 0 Å². The maximum atomic E-state index is 10.9. The monoisotopic (exact) mass is 315 g/mol. The van der Waals surface area contributed by atoms with Crippen molar-refractivity contribution in [2.24, 2.45) is 11.1 Å². The summed E-state index contributed by atoms with van der Waals surface area (Å²) < 4.78 is 0. The van der Waals surface area contributed by atoms with Gasteiger partial charge < -0.3 is 10.8 Å². The standard InChI is InChI=1S/C16H23Cl2NO/c17-12-6-7-13(14(18)10-12)15(20)16(11-19)8-4-2-1-3-5-9-16/h6-7,10,15,20H,1-5,8-9,11,19H2. The fourth-order valence-electron chi connectivity index (χ4n) is 3.25. The Hall–Kier alpha value is -0.280. The quantitative estimate of drug-likeness (QED) is 0.848. The lowest BCUT2D eigenvalue weighted by Gasteiger charge is -2.39. The topological polar surface area (TPSA) is 46.2 Å². The molecule has 0 aliphatic heterocycles. The Bertz CT molecular complexity index is 442. The highest BCUT2D eigenvalue weighted by Gasteiger charge is 2.38. The van der Waals surface area contributed by atoms with Gasteiger partial charge in [0, 0.05) is 22.0 Å². The van der Waals surface area contributed by atoms with Crippen LogP contribution in [0.3, 0.4) is 0 Å². The van der Waals surface area contributed by atoms with Crippen LogP contribution in [0, 0.1) is 5.41 Å². The van der Waals surface area contributed by atoms with Crippen molar-refractivity contribution in [1.29, 1.82) is 0 Å². The molecule has 0 aromatic heterocycles. The molecule has 0 heterocycles. The molecule has 1 unspecified atom stereocenters. The molecule has 1 aliphatic rings. The molecular weight excluding hydrogens is 293 g/mol. The molecule has 0 spiro atoms. The Morgan fingerprint density at radius 3 is 2.25 bits per heavy atom. The molecule has 20 heavy (non-hydrogen) atoms. The minimum atomic E-state index is -0.615. The number of hydrogen-bond acceptors (Lipinski definition) is 2. The summed E-state index contributed by atoms with van der Waals surface area (Å²) in [6, 6.07) is 5.29. The summed E-state index contributed by atoms with van der Waals surface area (Å²) >= 11 is 12.2. The second kappa shape index (κ2) is 7.13. The molecule has 1 saturated carbocycles. The summed E-state index contributed by atoms with van der Waals surface area (Å²) in [5.41, 5.74) is 6.55. The van der Waals surface area contributed by atoms with Gasteiger partial charge in [-0.1, -0.05) is 61.4 Å². The van der Waals surface area contributed by atoms with Crippen LogP contribution < -0.4 is 5.73 Å². The highest BCUT2D eigenvalue weighted by Crippen LogP contribution is 2.45. The molecule has 1 aromatic rings. The van der Waals surface area contributed by atoms with Crippen LogP contribution in [0.5, 0.6) is 0 Å². The van der Waals surface area contributed by atoms with Gasteiger partial charge >= 0.3 is 0 Å². The summed E-state index contributed by atoms with van der Waals surface area (Å²) in [5, 5.41) is 12.0. The van der Waals surface area contributed by atoms with Crippen molar-refractivity contribution < 1.29 is 5.11 Å². The number of rotatable bonds is 3. The molecule has 3 N–H and O–H groups in total. The van der Waals surface area contributed by atoms with Gasteiger partial charge in [0.1, 0.15) is 0 Å². The Morgan fingerprint density at radius 2 is 1.70 bits per heavy atom. The second-order valence-corrected chi connectivity index (χ2v) is 6.75. The van der Waals surface area contributed by atoms with Crippen molar-refractivity contribution in [2.75, 3.05) is 6.54 Å². The van der Waals surface area contributed by atoms with Crippen LogP contribution in [0.1, 0.15) is 56.6 Å². The molecule has 0 amide bonds. The van der Waals surface area contributed by atoms with Crippen molar-refractivity contribution in [3.63, 3.8) is 0 Å². The third-order valence-corrected chi connectivity index (χ3v) is 5.16. The maximum Gasteiger partial charge on any atom is 0.0872 e. The van der Waals surface area contributed by atoms with Gasteiger partial charge in [-0.15, -0.1) is 0 Å². The lowest BCUT2D eigenvalue weighted by Crippen LogP contribution is -2.37. The number of benzene rings is 1.